The van der Waals surface area contributed by atoms with Crippen molar-refractivity contribution in [1.29, 1.82) is 5.26 Å². The summed E-state index contributed by atoms with van der Waals surface area (Å²) < 4.78 is 6.59. The zero-order valence-corrected chi connectivity index (χ0v) is 17.2. The summed E-state index contributed by atoms with van der Waals surface area (Å²) in [4.78, 5) is 34.6. The van der Waals surface area contributed by atoms with E-state index in [1.54, 1.807) is 24.7 Å². The maximum absolute atomic E-state index is 12.7. The maximum atomic E-state index is 12.7. The molecule has 2 aromatic heterocycles. The molecule has 30 heavy (non-hydrogen) atoms. The van der Waals surface area contributed by atoms with E-state index in [4.69, 9.17) is 4.74 Å². The van der Waals surface area contributed by atoms with Crippen LogP contribution in [0.5, 0.6) is 0 Å². The SMILES string of the molecule is CCCCOC(=O)Cn1cc(Nc2nccc(N3CCC(C#N)(CC)C3=O)n2)cn1. The van der Waals surface area contributed by atoms with Crippen LogP contribution in [0.2, 0.25) is 0 Å². The number of carbonyl (C=O) groups is 2. The lowest BCUT2D eigenvalue weighted by Crippen LogP contribution is -2.33. The molecule has 3 heterocycles. The normalized spacial score (nSPS) is 18.3. The van der Waals surface area contributed by atoms with Gasteiger partial charge in [-0.1, -0.05) is 20.3 Å². The number of carbonyl (C=O) groups excluding carboxylic acids is 2. The van der Waals surface area contributed by atoms with Gasteiger partial charge in [-0.2, -0.15) is 15.3 Å². The van der Waals surface area contributed by atoms with Crippen molar-refractivity contribution in [2.24, 2.45) is 5.41 Å². The van der Waals surface area contributed by atoms with Crippen molar-refractivity contribution in [2.45, 2.75) is 46.1 Å². The number of esters is 1. The number of rotatable bonds is 9. The Labute approximate surface area is 174 Å². The van der Waals surface area contributed by atoms with Gasteiger partial charge in [-0.3, -0.25) is 19.2 Å². The summed E-state index contributed by atoms with van der Waals surface area (Å²) >= 11 is 0. The largest absolute Gasteiger partial charge is 0.464 e. The quantitative estimate of drug-likeness (QED) is 0.492. The first kappa shape index (κ1) is 21.2. The minimum Gasteiger partial charge on any atom is -0.464 e. The van der Waals surface area contributed by atoms with E-state index < -0.39 is 5.41 Å². The average molecular weight is 411 g/mol. The van der Waals surface area contributed by atoms with Crippen LogP contribution in [0.3, 0.4) is 0 Å². The van der Waals surface area contributed by atoms with Crippen LogP contribution in [0.1, 0.15) is 39.5 Å². The van der Waals surface area contributed by atoms with Gasteiger partial charge in [0.15, 0.2) is 0 Å². The first-order valence-corrected chi connectivity index (χ1v) is 10.0. The van der Waals surface area contributed by atoms with Crippen molar-refractivity contribution in [2.75, 3.05) is 23.4 Å². The highest BCUT2D eigenvalue weighted by Crippen LogP contribution is 2.36. The molecule has 10 nitrogen and oxygen atoms in total. The van der Waals surface area contributed by atoms with E-state index in [1.165, 1.54) is 9.58 Å². The Morgan fingerprint density at radius 3 is 2.97 bits per heavy atom. The second-order valence-corrected chi connectivity index (χ2v) is 7.12. The standard InChI is InChI=1S/C20H25N7O3/c1-3-5-10-30-17(28)13-26-12-15(11-23-26)24-19-22-8-6-16(25-19)27-9-7-20(4-2,14-21)18(27)29/h6,8,11-12H,3-5,7,9-10,13H2,1-2H3,(H,22,24,25). The molecule has 0 bridgehead atoms. The van der Waals surface area contributed by atoms with Gasteiger partial charge in [0, 0.05) is 18.9 Å². The molecule has 1 aliphatic rings. The molecule has 158 valence electrons. The number of aromatic nitrogens is 4. The second-order valence-electron chi connectivity index (χ2n) is 7.12. The third-order valence-electron chi connectivity index (χ3n) is 5.09. The number of nitrogens with one attached hydrogen (secondary N) is 1. The van der Waals surface area contributed by atoms with E-state index in [2.05, 4.69) is 26.5 Å². The molecule has 1 fully saturated rings. The number of amides is 1. The third-order valence-corrected chi connectivity index (χ3v) is 5.09. The Balaban J connectivity index is 1.64. The van der Waals surface area contributed by atoms with Crippen LogP contribution in [0.15, 0.2) is 24.7 Å². The zero-order chi connectivity index (χ0) is 21.6. The minimum atomic E-state index is -0.981. The predicted molar refractivity (Wildman–Crippen MR) is 109 cm³/mol. The molecule has 0 saturated carbocycles. The van der Waals surface area contributed by atoms with E-state index in [0.717, 1.165) is 12.8 Å². The molecule has 2 aromatic rings. The lowest BCUT2D eigenvalue weighted by atomic mass is 9.85. The topological polar surface area (TPSA) is 126 Å². The number of nitriles is 1. The molecule has 0 spiro atoms. The number of unbranched alkanes of at least 4 members (excludes halogenated alkanes) is 1. The summed E-state index contributed by atoms with van der Waals surface area (Å²) in [7, 11) is 0. The number of nitrogens with zero attached hydrogens (tertiary/aromatic N) is 6. The molecule has 0 radical (unpaired) electrons. The average Bonchev–Trinajstić information content (AvgIpc) is 3.32. The van der Waals surface area contributed by atoms with E-state index in [9.17, 15) is 14.9 Å². The summed E-state index contributed by atoms with van der Waals surface area (Å²) in [5.41, 5.74) is -0.382. The van der Waals surface area contributed by atoms with Gasteiger partial charge in [-0.15, -0.1) is 0 Å². The van der Waals surface area contributed by atoms with Crippen LogP contribution in [0, 0.1) is 16.7 Å². The molecule has 1 saturated heterocycles. The van der Waals surface area contributed by atoms with Crippen molar-refractivity contribution in [3.05, 3.63) is 24.7 Å². The van der Waals surface area contributed by atoms with E-state index in [0.29, 0.717) is 37.5 Å². The zero-order valence-electron chi connectivity index (χ0n) is 17.2. The van der Waals surface area contributed by atoms with Crippen molar-refractivity contribution < 1.29 is 14.3 Å². The molecule has 0 aromatic carbocycles. The molecule has 3 rings (SSSR count). The molecular weight excluding hydrogens is 386 g/mol. The van der Waals surface area contributed by atoms with Gasteiger partial charge in [0.2, 0.25) is 11.9 Å². The monoisotopic (exact) mass is 411 g/mol. The Kier molecular flexibility index (Phi) is 6.61. The van der Waals surface area contributed by atoms with Crippen molar-refractivity contribution >= 4 is 29.3 Å². The summed E-state index contributed by atoms with van der Waals surface area (Å²) in [6, 6.07) is 3.81. The Hall–Kier alpha value is -3.48. The Morgan fingerprint density at radius 2 is 2.27 bits per heavy atom. The molecule has 10 heteroatoms. The lowest BCUT2D eigenvalue weighted by molar-refractivity contribution is -0.144. The van der Waals surface area contributed by atoms with Gasteiger partial charge in [-0.25, -0.2) is 4.98 Å². The molecular formula is C20H25N7O3. The molecule has 1 unspecified atom stereocenters. The van der Waals surface area contributed by atoms with E-state index in [-0.39, 0.29) is 24.4 Å². The van der Waals surface area contributed by atoms with Crippen LogP contribution in [0.4, 0.5) is 17.5 Å². The number of anilines is 3. The molecule has 1 aliphatic heterocycles. The Bertz CT molecular complexity index is 952. The number of hydrogen-bond donors (Lipinski definition) is 1. The Morgan fingerprint density at radius 1 is 1.43 bits per heavy atom. The fraction of sp³-hybridized carbons (Fsp3) is 0.500. The molecule has 1 N–H and O–H groups in total. The van der Waals surface area contributed by atoms with Crippen molar-refractivity contribution in [1.82, 2.24) is 19.7 Å². The predicted octanol–water partition coefficient (Wildman–Crippen LogP) is 2.42. The lowest BCUT2D eigenvalue weighted by Gasteiger charge is -2.19. The highest BCUT2D eigenvalue weighted by Gasteiger charge is 2.46. The van der Waals surface area contributed by atoms with Gasteiger partial charge in [0.1, 0.15) is 17.8 Å². The van der Waals surface area contributed by atoms with Gasteiger partial charge < -0.3 is 10.1 Å². The minimum absolute atomic E-state index is 0.0157. The van der Waals surface area contributed by atoms with Crippen LogP contribution in [-0.4, -0.2) is 44.8 Å². The van der Waals surface area contributed by atoms with Gasteiger partial charge >= 0.3 is 5.97 Å². The summed E-state index contributed by atoms with van der Waals surface area (Å²) in [5, 5.41) is 16.6. The molecule has 1 amide bonds. The van der Waals surface area contributed by atoms with E-state index in [1.807, 2.05) is 13.8 Å². The van der Waals surface area contributed by atoms with Gasteiger partial charge in [0.25, 0.3) is 0 Å². The summed E-state index contributed by atoms with van der Waals surface area (Å²) in [6.45, 7) is 4.73. The first-order valence-electron chi connectivity index (χ1n) is 10.0. The highest BCUT2D eigenvalue weighted by molar-refractivity contribution is 6.01. The van der Waals surface area contributed by atoms with Crippen LogP contribution in [0.25, 0.3) is 0 Å². The fourth-order valence-electron chi connectivity index (χ4n) is 3.21. The second kappa shape index (κ2) is 9.35. The highest BCUT2D eigenvalue weighted by atomic mass is 16.5. The van der Waals surface area contributed by atoms with Gasteiger partial charge in [-0.05, 0) is 25.3 Å². The van der Waals surface area contributed by atoms with Crippen LogP contribution >= 0.6 is 0 Å². The van der Waals surface area contributed by atoms with Crippen LogP contribution in [-0.2, 0) is 20.9 Å². The van der Waals surface area contributed by atoms with Crippen LogP contribution < -0.4 is 10.2 Å². The number of hydrogen-bond acceptors (Lipinski definition) is 8. The number of ether oxygens (including phenoxy) is 1. The summed E-state index contributed by atoms with van der Waals surface area (Å²) in [5.74, 6) is 0.152. The third kappa shape index (κ3) is 4.56. The first-order chi connectivity index (χ1) is 14.5. The molecule has 1 atom stereocenters. The maximum Gasteiger partial charge on any atom is 0.327 e. The molecule has 0 aliphatic carbocycles. The smallest absolute Gasteiger partial charge is 0.327 e. The van der Waals surface area contributed by atoms with Crippen molar-refractivity contribution in [3.63, 3.8) is 0 Å². The van der Waals surface area contributed by atoms with Gasteiger partial charge in [0.05, 0.1) is 24.6 Å². The van der Waals surface area contributed by atoms with E-state index >= 15 is 0 Å². The summed E-state index contributed by atoms with van der Waals surface area (Å²) in [6.07, 6.45) is 7.48. The van der Waals surface area contributed by atoms with Crippen molar-refractivity contribution in [3.8, 4) is 6.07 Å². The fourth-order valence-corrected chi connectivity index (χ4v) is 3.21.